The Labute approximate surface area is 116 Å². The lowest BCUT2D eigenvalue weighted by Crippen LogP contribution is -2.51. The van der Waals surface area contributed by atoms with Crippen molar-refractivity contribution < 1.29 is 0 Å². The average Bonchev–Trinajstić information content (AvgIpc) is 2.22. The molecule has 0 spiro atoms. The molecule has 1 N–H and O–H groups in total. The number of nitrogens with one attached hydrogen (secondary N) is 1. The SMILES string of the molecule is CNCC1(c2ccc(Cl)cc2)CC(C(C)(C)C)C1. The van der Waals surface area contributed by atoms with Crippen LogP contribution in [0.25, 0.3) is 0 Å². The van der Waals surface area contributed by atoms with Crippen LogP contribution in [0.15, 0.2) is 24.3 Å². The normalized spacial score (nSPS) is 27.9. The zero-order valence-corrected chi connectivity index (χ0v) is 12.6. The maximum absolute atomic E-state index is 5.99. The van der Waals surface area contributed by atoms with Gasteiger partial charge in [0.1, 0.15) is 0 Å². The second kappa shape index (κ2) is 4.86. The van der Waals surface area contributed by atoms with Gasteiger partial charge in [-0.25, -0.2) is 0 Å². The monoisotopic (exact) mass is 265 g/mol. The number of benzene rings is 1. The van der Waals surface area contributed by atoms with E-state index in [1.807, 2.05) is 19.2 Å². The standard InChI is InChI=1S/C16H24ClN/c1-15(2,3)13-9-16(10-13,11-18-4)12-5-7-14(17)8-6-12/h5-8,13,18H,9-11H2,1-4H3. The summed E-state index contributed by atoms with van der Waals surface area (Å²) in [5.74, 6) is 0.821. The highest BCUT2D eigenvalue weighted by atomic mass is 35.5. The number of hydrogen-bond donors (Lipinski definition) is 1. The number of halogens is 1. The van der Waals surface area contributed by atoms with E-state index in [1.54, 1.807) is 0 Å². The average molecular weight is 266 g/mol. The number of rotatable bonds is 3. The highest BCUT2D eigenvalue weighted by molar-refractivity contribution is 6.30. The summed E-state index contributed by atoms with van der Waals surface area (Å²) in [6.45, 7) is 8.11. The summed E-state index contributed by atoms with van der Waals surface area (Å²) < 4.78 is 0. The topological polar surface area (TPSA) is 12.0 Å². The van der Waals surface area contributed by atoms with Crippen molar-refractivity contribution in [1.29, 1.82) is 0 Å². The van der Waals surface area contributed by atoms with Gasteiger partial charge >= 0.3 is 0 Å². The molecule has 0 aliphatic heterocycles. The van der Waals surface area contributed by atoms with Gasteiger partial charge in [0, 0.05) is 17.0 Å². The lowest BCUT2D eigenvalue weighted by Gasteiger charge is -2.53. The highest BCUT2D eigenvalue weighted by Gasteiger charge is 2.48. The predicted molar refractivity (Wildman–Crippen MR) is 79.2 cm³/mol. The third kappa shape index (κ3) is 2.57. The van der Waals surface area contributed by atoms with E-state index in [4.69, 9.17) is 11.6 Å². The molecular weight excluding hydrogens is 242 g/mol. The molecule has 100 valence electrons. The summed E-state index contributed by atoms with van der Waals surface area (Å²) in [7, 11) is 2.04. The first-order valence-electron chi connectivity index (χ1n) is 6.78. The fraction of sp³-hybridized carbons (Fsp3) is 0.625. The van der Waals surface area contributed by atoms with Crippen LogP contribution >= 0.6 is 11.6 Å². The van der Waals surface area contributed by atoms with Crippen LogP contribution < -0.4 is 5.32 Å². The van der Waals surface area contributed by atoms with Crippen LogP contribution in [0, 0.1) is 11.3 Å². The van der Waals surface area contributed by atoms with E-state index >= 15 is 0 Å². The van der Waals surface area contributed by atoms with Gasteiger partial charge in [-0.05, 0) is 48.9 Å². The second-order valence-corrected chi connectivity index (χ2v) is 7.23. The van der Waals surface area contributed by atoms with Gasteiger partial charge in [0.05, 0.1) is 0 Å². The molecule has 1 aliphatic rings. The van der Waals surface area contributed by atoms with Crippen LogP contribution in [0.4, 0.5) is 0 Å². The fourth-order valence-electron chi connectivity index (χ4n) is 3.12. The van der Waals surface area contributed by atoms with Gasteiger partial charge in [0.25, 0.3) is 0 Å². The summed E-state index contributed by atoms with van der Waals surface area (Å²) in [5, 5.41) is 4.19. The van der Waals surface area contributed by atoms with Crippen molar-refractivity contribution in [2.75, 3.05) is 13.6 Å². The Morgan fingerprint density at radius 2 is 1.78 bits per heavy atom. The third-order valence-corrected chi connectivity index (χ3v) is 4.72. The van der Waals surface area contributed by atoms with Crippen LogP contribution in [0.1, 0.15) is 39.2 Å². The third-order valence-electron chi connectivity index (χ3n) is 4.47. The first-order chi connectivity index (χ1) is 8.37. The highest BCUT2D eigenvalue weighted by Crippen LogP contribution is 2.54. The summed E-state index contributed by atoms with van der Waals surface area (Å²) in [5.41, 5.74) is 2.17. The summed E-state index contributed by atoms with van der Waals surface area (Å²) in [4.78, 5) is 0. The van der Waals surface area contributed by atoms with E-state index in [0.717, 1.165) is 17.5 Å². The maximum atomic E-state index is 5.99. The summed E-state index contributed by atoms with van der Waals surface area (Å²) >= 11 is 5.99. The predicted octanol–water partition coefficient (Wildman–Crippen LogP) is 4.25. The maximum Gasteiger partial charge on any atom is 0.0406 e. The summed E-state index contributed by atoms with van der Waals surface area (Å²) in [6, 6.07) is 8.41. The Morgan fingerprint density at radius 1 is 1.22 bits per heavy atom. The molecule has 1 aromatic carbocycles. The molecule has 0 aromatic heterocycles. The zero-order chi connectivity index (χ0) is 13.4. The molecule has 18 heavy (non-hydrogen) atoms. The molecule has 0 unspecified atom stereocenters. The van der Waals surface area contributed by atoms with Gasteiger partial charge in [-0.15, -0.1) is 0 Å². The van der Waals surface area contributed by atoms with Gasteiger partial charge in [0.2, 0.25) is 0 Å². The fourth-order valence-corrected chi connectivity index (χ4v) is 3.25. The first kappa shape index (κ1) is 13.9. The molecule has 0 heterocycles. The molecule has 0 bridgehead atoms. The molecule has 0 saturated heterocycles. The molecule has 2 rings (SSSR count). The van der Waals surface area contributed by atoms with Gasteiger partial charge < -0.3 is 5.32 Å². The molecule has 1 aliphatic carbocycles. The van der Waals surface area contributed by atoms with Crippen molar-refractivity contribution >= 4 is 11.6 Å². The molecule has 1 fully saturated rings. The quantitative estimate of drug-likeness (QED) is 0.861. The summed E-state index contributed by atoms with van der Waals surface area (Å²) in [6.07, 6.45) is 2.55. The minimum absolute atomic E-state index is 0.317. The van der Waals surface area contributed by atoms with Crippen molar-refractivity contribution in [3.8, 4) is 0 Å². The molecule has 1 nitrogen and oxygen atoms in total. The van der Waals surface area contributed by atoms with E-state index < -0.39 is 0 Å². The lowest BCUT2D eigenvalue weighted by molar-refractivity contribution is 0.0460. The van der Waals surface area contributed by atoms with Crippen molar-refractivity contribution in [2.24, 2.45) is 11.3 Å². The molecule has 1 aromatic rings. The van der Waals surface area contributed by atoms with Gasteiger partial charge in [-0.1, -0.05) is 44.5 Å². The van der Waals surface area contributed by atoms with Crippen LogP contribution in [0.5, 0.6) is 0 Å². The Hall–Kier alpha value is -0.530. The van der Waals surface area contributed by atoms with E-state index in [1.165, 1.54) is 18.4 Å². The minimum Gasteiger partial charge on any atom is -0.319 e. The van der Waals surface area contributed by atoms with Crippen LogP contribution in [0.2, 0.25) is 5.02 Å². The minimum atomic E-state index is 0.317. The number of likely N-dealkylation sites (N-methyl/N-ethyl adjacent to an activating group) is 1. The Balaban J connectivity index is 2.18. The van der Waals surface area contributed by atoms with Crippen LogP contribution in [-0.4, -0.2) is 13.6 Å². The number of hydrogen-bond acceptors (Lipinski definition) is 1. The molecule has 0 radical (unpaired) electrons. The molecule has 1 saturated carbocycles. The van der Waals surface area contributed by atoms with Crippen molar-refractivity contribution in [1.82, 2.24) is 5.32 Å². The van der Waals surface area contributed by atoms with Gasteiger partial charge in [-0.2, -0.15) is 0 Å². The van der Waals surface area contributed by atoms with E-state index in [0.29, 0.717) is 10.8 Å². The van der Waals surface area contributed by atoms with Gasteiger partial charge in [-0.3, -0.25) is 0 Å². The van der Waals surface area contributed by atoms with Crippen LogP contribution in [0.3, 0.4) is 0 Å². The van der Waals surface area contributed by atoms with E-state index in [9.17, 15) is 0 Å². The van der Waals surface area contributed by atoms with Crippen molar-refractivity contribution in [3.63, 3.8) is 0 Å². The molecule has 2 heteroatoms. The van der Waals surface area contributed by atoms with Crippen molar-refractivity contribution in [3.05, 3.63) is 34.9 Å². The van der Waals surface area contributed by atoms with Crippen molar-refractivity contribution in [2.45, 2.75) is 39.0 Å². The molecular formula is C16H24ClN. The Kier molecular flexibility index (Phi) is 3.75. The van der Waals surface area contributed by atoms with Crippen LogP contribution in [-0.2, 0) is 5.41 Å². The molecule has 0 atom stereocenters. The van der Waals surface area contributed by atoms with Gasteiger partial charge in [0.15, 0.2) is 0 Å². The molecule has 0 amide bonds. The van der Waals surface area contributed by atoms with E-state index in [-0.39, 0.29) is 0 Å². The zero-order valence-electron chi connectivity index (χ0n) is 11.9. The second-order valence-electron chi connectivity index (χ2n) is 6.79. The largest absolute Gasteiger partial charge is 0.319 e. The van der Waals surface area contributed by atoms with E-state index in [2.05, 4.69) is 38.2 Å². The first-order valence-corrected chi connectivity index (χ1v) is 7.16. The lowest BCUT2D eigenvalue weighted by atomic mass is 9.52. The smallest absolute Gasteiger partial charge is 0.0406 e. The Morgan fingerprint density at radius 3 is 2.22 bits per heavy atom. The Bertz CT molecular complexity index is 396.